The number of fused-ring (bicyclic) bond motifs is 1. The number of rotatable bonds is 2. The molecule has 1 aliphatic carbocycles. The summed E-state index contributed by atoms with van der Waals surface area (Å²) in [5.74, 6) is -1.80. The van der Waals surface area contributed by atoms with Crippen LogP contribution < -0.4 is 5.73 Å². The van der Waals surface area contributed by atoms with E-state index in [9.17, 15) is 14.3 Å². The second kappa shape index (κ2) is 5.07. The number of halogens is 1. The van der Waals surface area contributed by atoms with E-state index in [1.807, 2.05) is 0 Å². The summed E-state index contributed by atoms with van der Waals surface area (Å²) in [5.41, 5.74) is 6.03. The molecule has 1 aliphatic rings. The van der Waals surface area contributed by atoms with Crippen LogP contribution >= 0.6 is 0 Å². The van der Waals surface area contributed by atoms with Gasteiger partial charge in [0.25, 0.3) is 0 Å². The van der Waals surface area contributed by atoms with E-state index in [4.69, 9.17) is 5.73 Å². The Kier molecular flexibility index (Phi) is 3.37. The van der Waals surface area contributed by atoms with E-state index in [-0.39, 0.29) is 5.82 Å². The average molecular weight is 288 g/mol. The Morgan fingerprint density at radius 3 is 2.95 bits per heavy atom. The first-order valence-corrected chi connectivity index (χ1v) is 7.09. The molecule has 2 atom stereocenters. The molecule has 0 saturated heterocycles. The first-order chi connectivity index (χ1) is 10.0. The molecule has 1 aromatic carbocycles. The normalized spacial score (nSPS) is 25.9. The molecule has 3 rings (SSSR count). The zero-order valence-corrected chi connectivity index (χ0v) is 11.6. The Bertz CT molecular complexity index is 698. The van der Waals surface area contributed by atoms with Gasteiger partial charge in [-0.2, -0.15) is 0 Å². The van der Waals surface area contributed by atoms with Gasteiger partial charge < -0.3 is 10.8 Å². The molecule has 2 aromatic rings. The molecule has 0 amide bonds. The van der Waals surface area contributed by atoms with Crippen molar-refractivity contribution in [1.29, 1.82) is 0 Å². The van der Waals surface area contributed by atoms with Crippen molar-refractivity contribution in [1.82, 2.24) is 4.98 Å². The van der Waals surface area contributed by atoms with Crippen LogP contribution in [0.15, 0.2) is 30.5 Å². The quantitative estimate of drug-likeness (QED) is 0.891. The topological polar surface area (TPSA) is 76.2 Å². The molecule has 2 unspecified atom stereocenters. The highest BCUT2D eigenvalue weighted by molar-refractivity contribution is 5.86. The van der Waals surface area contributed by atoms with Crippen molar-refractivity contribution >= 4 is 16.9 Å². The molecule has 21 heavy (non-hydrogen) atoms. The van der Waals surface area contributed by atoms with E-state index in [2.05, 4.69) is 4.98 Å². The van der Waals surface area contributed by atoms with Crippen molar-refractivity contribution in [3.05, 3.63) is 41.8 Å². The first kappa shape index (κ1) is 13.9. The molecule has 0 bridgehead atoms. The SMILES string of the molecule is NC1(C(=O)O)CCCCC1c1ccnc2cccc(F)c12. The minimum Gasteiger partial charge on any atom is -0.480 e. The van der Waals surface area contributed by atoms with Crippen molar-refractivity contribution < 1.29 is 14.3 Å². The molecule has 1 heterocycles. The summed E-state index contributed by atoms with van der Waals surface area (Å²) in [6, 6.07) is 6.40. The van der Waals surface area contributed by atoms with Gasteiger partial charge in [0.15, 0.2) is 0 Å². The fraction of sp³-hybridized carbons (Fsp3) is 0.375. The minimum absolute atomic E-state index is 0.381. The summed E-state index contributed by atoms with van der Waals surface area (Å²) in [6.45, 7) is 0. The van der Waals surface area contributed by atoms with Gasteiger partial charge in [0.05, 0.1) is 5.52 Å². The van der Waals surface area contributed by atoms with Crippen LogP contribution in [0.2, 0.25) is 0 Å². The smallest absolute Gasteiger partial charge is 0.324 e. The molecule has 3 N–H and O–H groups in total. The van der Waals surface area contributed by atoms with Crippen LogP contribution in [0.3, 0.4) is 0 Å². The Hall–Kier alpha value is -2.01. The zero-order chi connectivity index (χ0) is 15.0. The first-order valence-electron chi connectivity index (χ1n) is 7.09. The highest BCUT2D eigenvalue weighted by atomic mass is 19.1. The number of carboxylic acids is 1. The second-order valence-corrected chi connectivity index (χ2v) is 5.68. The lowest BCUT2D eigenvalue weighted by Gasteiger charge is -2.38. The molecule has 1 saturated carbocycles. The van der Waals surface area contributed by atoms with Crippen LogP contribution in [-0.4, -0.2) is 21.6 Å². The van der Waals surface area contributed by atoms with E-state index >= 15 is 0 Å². The Balaban J connectivity index is 2.21. The standard InChI is InChI=1S/C16H17FN2O2/c17-12-5-3-6-13-14(12)10(7-9-19-13)11-4-1-2-8-16(11,18)15(20)21/h3,5-7,9,11H,1-2,4,8,18H2,(H,20,21). The Labute approximate surface area is 121 Å². The van der Waals surface area contributed by atoms with Gasteiger partial charge >= 0.3 is 5.97 Å². The molecule has 1 fully saturated rings. The molecule has 110 valence electrons. The van der Waals surface area contributed by atoms with Gasteiger partial charge in [0.2, 0.25) is 0 Å². The van der Waals surface area contributed by atoms with E-state index in [0.717, 1.165) is 12.8 Å². The number of nitrogens with zero attached hydrogens (tertiary/aromatic N) is 1. The zero-order valence-electron chi connectivity index (χ0n) is 11.6. The fourth-order valence-corrected chi connectivity index (χ4v) is 3.36. The van der Waals surface area contributed by atoms with Crippen LogP contribution in [-0.2, 0) is 4.79 Å². The van der Waals surface area contributed by atoms with Gasteiger partial charge in [-0.3, -0.25) is 9.78 Å². The van der Waals surface area contributed by atoms with Crippen molar-refractivity contribution in [2.45, 2.75) is 37.1 Å². The third-order valence-corrected chi connectivity index (χ3v) is 4.48. The van der Waals surface area contributed by atoms with Gasteiger partial charge in [-0.05, 0) is 36.6 Å². The summed E-state index contributed by atoms with van der Waals surface area (Å²) in [6.07, 6.45) is 4.33. The van der Waals surface area contributed by atoms with Crippen LogP contribution in [0.1, 0.15) is 37.2 Å². The number of aromatic nitrogens is 1. The minimum atomic E-state index is -1.34. The van der Waals surface area contributed by atoms with Gasteiger partial charge in [0, 0.05) is 17.5 Å². The maximum atomic E-state index is 14.2. The summed E-state index contributed by atoms with van der Waals surface area (Å²) < 4.78 is 14.2. The highest BCUT2D eigenvalue weighted by Gasteiger charge is 2.45. The maximum Gasteiger partial charge on any atom is 0.324 e. The monoisotopic (exact) mass is 288 g/mol. The van der Waals surface area contributed by atoms with E-state index in [1.165, 1.54) is 6.07 Å². The highest BCUT2D eigenvalue weighted by Crippen LogP contribution is 2.42. The van der Waals surface area contributed by atoms with Gasteiger partial charge in [-0.25, -0.2) is 4.39 Å². The van der Waals surface area contributed by atoms with Crippen LogP contribution in [0.25, 0.3) is 10.9 Å². The van der Waals surface area contributed by atoms with E-state index < -0.39 is 17.4 Å². The number of hydrogen-bond acceptors (Lipinski definition) is 3. The molecular formula is C16H17FN2O2. The second-order valence-electron chi connectivity index (χ2n) is 5.68. The van der Waals surface area contributed by atoms with Crippen molar-refractivity contribution in [2.24, 2.45) is 5.73 Å². The lowest BCUT2D eigenvalue weighted by atomic mass is 9.69. The predicted octanol–water partition coefficient (Wildman–Crippen LogP) is 2.81. The van der Waals surface area contributed by atoms with Crippen LogP contribution in [0.4, 0.5) is 4.39 Å². The van der Waals surface area contributed by atoms with Gasteiger partial charge in [-0.1, -0.05) is 18.9 Å². The number of nitrogens with two attached hydrogens (primary N) is 1. The molecule has 0 radical (unpaired) electrons. The molecular weight excluding hydrogens is 271 g/mol. The van der Waals surface area contributed by atoms with Crippen molar-refractivity contribution in [2.75, 3.05) is 0 Å². The Morgan fingerprint density at radius 1 is 1.38 bits per heavy atom. The molecule has 0 aliphatic heterocycles. The van der Waals surface area contributed by atoms with Gasteiger partial charge in [0.1, 0.15) is 11.4 Å². The lowest BCUT2D eigenvalue weighted by molar-refractivity contribution is -0.145. The lowest BCUT2D eigenvalue weighted by Crippen LogP contribution is -2.54. The average Bonchev–Trinajstić information content (AvgIpc) is 2.47. The molecule has 0 spiro atoms. The van der Waals surface area contributed by atoms with Crippen molar-refractivity contribution in [3.8, 4) is 0 Å². The van der Waals surface area contributed by atoms with Crippen LogP contribution in [0.5, 0.6) is 0 Å². The number of aliphatic carboxylic acids is 1. The summed E-state index contributed by atoms with van der Waals surface area (Å²) in [7, 11) is 0. The summed E-state index contributed by atoms with van der Waals surface area (Å²) >= 11 is 0. The Morgan fingerprint density at radius 2 is 2.19 bits per heavy atom. The molecule has 5 heteroatoms. The van der Waals surface area contributed by atoms with Crippen LogP contribution in [0, 0.1) is 5.82 Å². The number of carbonyl (C=O) groups is 1. The predicted molar refractivity (Wildman–Crippen MR) is 77.5 cm³/mol. The maximum absolute atomic E-state index is 14.2. The number of benzene rings is 1. The third-order valence-electron chi connectivity index (χ3n) is 4.48. The van der Waals surface area contributed by atoms with Gasteiger partial charge in [-0.15, -0.1) is 0 Å². The van der Waals surface area contributed by atoms with E-state index in [0.29, 0.717) is 29.3 Å². The summed E-state index contributed by atoms with van der Waals surface area (Å²) in [5, 5.41) is 9.93. The molecule has 1 aromatic heterocycles. The number of carboxylic acid groups (broad SMARTS) is 1. The fourth-order valence-electron chi connectivity index (χ4n) is 3.36. The number of hydrogen-bond donors (Lipinski definition) is 2. The number of pyridine rings is 1. The third kappa shape index (κ3) is 2.17. The largest absolute Gasteiger partial charge is 0.480 e. The summed E-state index contributed by atoms with van der Waals surface area (Å²) in [4.78, 5) is 15.8. The van der Waals surface area contributed by atoms with E-state index in [1.54, 1.807) is 24.4 Å². The van der Waals surface area contributed by atoms with Crippen molar-refractivity contribution in [3.63, 3.8) is 0 Å². The molecule has 4 nitrogen and oxygen atoms in total.